The normalized spacial score (nSPS) is 17.6. The molecule has 2 aromatic carbocycles. The Kier molecular flexibility index (Phi) is 3.73. The first kappa shape index (κ1) is 14.4. The van der Waals surface area contributed by atoms with Gasteiger partial charge in [-0.1, -0.05) is 30.3 Å². The van der Waals surface area contributed by atoms with Gasteiger partial charge in [0.25, 0.3) is 0 Å². The number of hydrogen-bond acceptors (Lipinski definition) is 5. The molecule has 1 unspecified atom stereocenters. The minimum absolute atomic E-state index is 0.387. The maximum Gasteiger partial charge on any atom is 0.339 e. The number of carbonyl (C=O) groups is 1. The number of carbonyl (C=O) groups excluding carboxylic acids is 1. The third kappa shape index (κ3) is 2.29. The van der Waals surface area contributed by atoms with E-state index in [2.05, 4.69) is 0 Å². The van der Waals surface area contributed by atoms with Crippen LogP contribution >= 0.6 is 0 Å². The van der Waals surface area contributed by atoms with Crippen LogP contribution in [0.1, 0.15) is 33.7 Å². The molecule has 0 radical (unpaired) electrons. The zero-order chi connectivity index (χ0) is 15.7. The highest BCUT2D eigenvalue weighted by atomic mass is 16.6. The van der Waals surface area contributed by atoms with E-state index >= 15 is 0 Å². The van der Waals surface area contributed by atoms with Crippen molar-refractivity contribution in [2.45, 2.75) is 12.2 Å². The van der Waals surface area contributed by atoms with Crippen molar-refractivity contribution in [3.63, 3.8) is 0 Å². The second kappa shape index (κ2) is 5.69. The number of cyclic esters (lactones) is 1. The van der Waals surface area contributed by atoms with E-state index in [9.17, 15) is 9.90 Å². The lowest BCUT2D eigenvalue weighted by Gasteiger charge is -2.19. The van der Waals surface area contributed by atoms with Crippen LogP contribution in [0.3, 0.4) is 0 Å². The Morgan fingerprint density at radius 2 is 1.73 bits per heavy atom. The molecular formula is C17H16O5. The second-order valence-electron chi connectivity index (χ2n) is 4.98. The summed E-state index contributed by atoms with van der Waals surface area (Å²) in [4.78, 5) is 12.0. The molecule has 22 heavy (non-hydrogen) atoms. The number of ether oxygens (including phenoxy) is 3. The first-order valence-electron chi connectivity index (χ1n) is 6.85. The maximum atomic E-state index is 12.0. The van der Waals surface area contributed by atoms with Gasteiger partial charge in [-0.05, 0) is 17.7 Å². The molecule has 2 aromatic rings. The van der Waals surface area contributed by atoms with Crippen LogP contribution in [0.2, 0.25) is 0 Å². The van der Waals surface area contributed by atoms with Crippen LogP contribution in [0.25, 0.3) is 0 Å². The number of esters is 1. The maximum absolute atomic E-state index is 12.0. The van der Waals surface area contributed by atoms with Gasteiger partial charge in [0.1, 0.15) is 6.10 Å². The van der Waals surface area contributed by atoms with E-state index in [1.807, 2.05) is 18.2 Å². The van der Waals surface area contributed by atoms with Crippen LogP contribution in [0.5, 0.6) is 11.5 Å². The minimum Gasteiger partial charge on any atom is -0.493 e. The molecule has 5 nitrogen and oxygen atoms in total. The topological polar surface area (TPSA) is 65.0 Å². The van der Waals surface area contributed by atoms with Crippen LogP contribution < -0.4 is 9.47 Å². The fourth-order valence-corrected chi connectivity index (χ4v) is 2.61. The van der Waals surface area contributed by atoms with Crippen molar-refractivity contribution in [1.82, 2.24) is 0 Å². The molecular weight excluding hydrogens is 284 g/mol. The molecule has 0 bridgehead atoms. The van der Waals surface area contributed by atoms with Gasteiger partial charge in [0.15, 0.2) is 17.6 Å². The average Bonchev–Trinajstić information content (AvgIpc) is 2.89. The number of aliphatic hydroxyl groups excluding tert-OH is 1. The van der Waals surface area contributed by atoms with Crippen LogP contribution in [-0.2, 0) is 4.74 Å². The summed E-state index contributed by atoms with van der Waals surface area (Å²) in [5.74, 6) is 0.466. The van der Waals surface area contributed by atoms with Gasteiger partial charge in [-0.25, -0.2) is 4.79 Å². The number of rotatable bonds is 4. The largest absolute Gasteiger partial charge is 0.493 e. The Balaban J connectivity index is 2.03. The molecule has 1 N–H and O–H groups in total. The van der Waals surface area contributed by atoms with E-state index in [0.717, 1.165) is 0 Å². The standard InChI is InChI=1S/C17H16O5/c1-20-13-8-11-12(9-14(13)21-2)17(19)22-16(11)15(18)10-6-4-3-5-7-10/h3-9,15-16,18H,1-2H3/t15-,16?/m1/s1. The van der Waals surface area contributed by atoms with Crippen molar-refractivity contribution in [1.29, 1.82) is 0 Å². The molecule has 1 heterocycles. The summed E-state index contributed by atoms with van der Waals surface area (Å²) >= 11 is 0. The van der Waals surface area contributed by atoms with E-state index in [-0.39, 0.29) is 0 Å². The highest BCUT2D eigenvalue weighted by molar-refractivity contribution is 5.95. The number of fused-ring (bicyclic) bond motifs is 1. The molecule has 1 aliphatic rings. The molecule has 5 heteroatoms. The molecule has 114 valence electrons. The van der Waals surface area contributed by atoms with Gasteiger partial charge in [-0.2, -0.15) is 0 Å². The molecule has 3 rings (SSSR count). The summed E-state index contributed by atoms with van der Waals surface area (Å²) in [6, 6.07) is 12.3. The van der Waals surface area contributed by atoms with Crippen LogP contribution in [0.4, 0.5) is 0 Å². The summed E-state index contributed by atoms with van der Waals surface area (Å²) in [6.07, 6.45) is -1.70. The van der Waals surface area contributed by atoms with Gasteiger partial charge in [0.05, 0.1) is 19.8 Å². The van der Waals surface area contributed by atoms with Crippen molar-refractivity contribution >= 4 is 5.97 Å². The van der Waals surface area contributed by atoms with E-state index in [1.165, 1.54) is 14.2 Å². The lowest BCUT2D eigenvalue weighted by Crippen LogP contribution is -2.10. The fourth-order valence-electron chi connectivity index (χ4n) is 2.61. The lowest BCUT2D eigenvalue weighted by molar-refractivity contribution is -0.0103. The lowest BCUT2D eigenvalue weighted by atomic mass is 9.96. The SMILES string of the molecule is COc1cc2c(cc1OC)C([C@H](O)c1ccccc1)OC2=O. The Hall–Kier alpha value is -2.53. The summed E-state index contributed by atoms with van der Waals surface area (Å²) in [6.45, 7) is 0. The Bertz CT molecular complexity index is 696. The minimum atomic E-state index is -0.940. The second-order valence-corrected chi connectivity index (χ2v) is 4.98. The summed E-state index contributed by atoms with van der Waals surface area (Å²) in [5, 5.41) is 10.5. The predicted molar refractivity (Wildman–Crippen MR) is 79.1 cm³/mol. The van der Waals surface area contributed by atoms with Crippen LogP contribution in [0.15, 0.2) is 42.5 Å². The van der Waals surface area contributed by atoms with Crippen molar-refractivity contribution in [3.8, 4) is 11.5 Å². The molecule has 1 aliphatic heterocycles. The number of hydrogen-bond donors (Lipinski definition) is 1. The van der Waals surface area contributed by atoms with E-state index in [4.69, 9.17) is 14.2 Å². The summed E-state index contributed by atoms with van der Waals surface area (Å²) in [5.41, 5.74) is 1.67. The fraction of sp³-hybridized carbons (Fsp3) is 0.235. The third-order valence-corrected chi connectivity index (χ3v) is 3.74. The van der Waals surface area contributed by atoms with Gasteiger partial charge < -0.3 is 19.3 Å². The number of aliphatic hydroxyl groups is 1. The van der Waals surface area contributed by atoms with Crippen molar-refractivity contribution in [2.75, 3.05) is 14.2 Å². The molecule has 0 aromatic heterocycles. The van der Waals surface area contributed by atoms with Crippen LogP contribution in [0, 0.1) is 0 Å². The predicted octanol–water partition coefficient (Wildman–Crippen LogP) is 2.65. The number of benzene rings is 2. The Labute approximate surface area is 128 Å². The van der Waals surface area contributed by atoms with E-state index < -0.39 is 18.2 Å². The van der Waals surface area contributed by atoms with Gasteiger partial charge in [0, 0.05) is 5.56 Å². The van der Waals surface area contributed by atoms with Gasteiger partial charge in [-0.3, -0.25) is 0 Å². The van der Waals surface area contributed by atoms with Crippen molar-refractivity contribution in [3.05, 3.63) is 59.2 Å². The molecule has 0 amide bonds. The zero-order valence-electron chi connectivity index (χ0n) is 12.3. The quantitative estimate of drug-likeness (QED) is 0.879. The van der Waals surface area contributed by atoms with E-state index in [0.29, 0.717) is 28.2 Å². The average molecular weight is 300 g/mol. The molecule has 0 saturated carbocycles. The van der Waals surface area contributed by atoms with Gasteiger partial charge in [-0.15, -0.1) is 0 Å². The Morgan fingerprint density at radius 3 is 2.36 bits per heavy atom. The van der Waals surface area contributed by atoms with Gasteiger partial charge >= 0.3 is 5.97 Å². The van der Waals surface area contributed by atoms with E-state index in [1.54, 1.807) is 24.3 Å². The number of methoxy groups -OCH3 is 2. The Morgan fingerprint density at radius 1 is 1.09 bits per heavy atom. The summed E-state index contributed by atoms with van der Waals surface area (Å²) in [7, 11) is 3.02. The molecule has 0 fully saturated rings. The molecule has 2 atom stereocenters. The zero-order valence-corrected chi connectivity index (χ0v) is 12.3. The first-order valence-corrected chi connectivity index (χ1v) is 6.85. The van der Waals surface area contributed by atoms with Gasteiger partial charge in [0.2, 0.25) is 0 Å². The van der Waals surface area contributed by atoms with Crippen molar-refractivity contribution < 1.29 is 24.1 Å². The first-order chi connectivity index (χ1) is 10.7. The molecule has 0 saturated heterocycles. The smallest absolute Gasteiger partial charge is 0.339 e. The van der Waals surface area contributed by atoms with Crippen LogP contribution in [-0.4, -0.2) is 25.3 Å². The molecule has 0 spiro atoms. The molecule has 0 aliphatic carbocycles. The third-order valence-electron chi connectivity index (χ3n) is 3.74. The highest BCUT2D eigenvalue weighted by Gasteiger charge is 2.38. The van der Waals surface area contributed by atoms with Crippen molar-refractivity contribution in [2.24, 2.45) is 0 Å². The highest BCUT2D eigenvalue weighted by Crippen LogP contribution is 2.43. The summed E-state index contributed by atoms with van der Waals surface area (Å²) < 4.78 is 15.8. The monoisotopic (exact) mass is 300 g/mol.